The first-order valence-corrected chi connectivity index (χ1v) is 11.6. The van der Waals surface area contributed by atoms with Gasteiger partial charge in [0.2, 0.25) is 11.8 Å². The van der Waals surface area contributed by atoms with Crippen molar-refractivity contribution < 1.29 is 14.3 Å². The lowest BCUT2D eigenvalue weighted by Crippen LogP contribution is -2.58. The number of likely N-dealkylation sites (tertiary alicyclic amines) is 1. The summed E-state index contributed by atoms with van der Waals surface area (Å²) in [5.74, 6) is 0.343. The van der Waals surface area contributed by atoms with Crippen LogP contribution in [-0.4, -0.2) is 84.1 Å². The molecule has 0 aromatic carbocycles. The summed E-state index contributed by atoms with van der Waals surface area (Å²) in [6.45, 7) is 3.14. The first kappa shape index (κ1) is 20.7. The molecule has 0 aliphatic carbocycles. The number of ether oxygens (including phenoxy) is 1. The maximum Gasteiger partial charge on any atom is 0.245 e. The van der Waals surface area contributed by atoms with Gasteiger partial charge in [0.15, 0.2) is 0 Å². The van der Waals surface area contributed by atoms with Crippen molar-refractivity contribution in [2.45, 2.75) is 68.6 Å². The van der Waals surface area contributed by atoms with Crippen molar-refractivity contribution in [1.29, 1.82) is 0 Å². The van der Waals surface area contributed by atoms with Gasteiger partial charge in [-0.1, -0.05) is 0 Å². The third-order valence-electron chi connectivity index (χ3n) is 7.69. The molecule has 2 N–H and O–H groups in total. The highest BCUT2D eigenvalue weighted by Gasteiger charge is 2.47. The van der Waals surface area contributed by atoms with E-state index in [1.165, 1.54) is 11.3 Å². The van der Waals surface area contributed by atoms with Gasteiger partial charge in [0.05, 0.1) is 18.7 Å². The molecule has 4 fully saturated rings. The van der Waals surface area contributed by atoms with Crippen LogP contribution in [-0.2, 0) is 14.3 Å². The van der Waals surface area contributed by atoms with E-state index in [1.54, 1.807) is 7.11 Å². The molecule has 168 valence electrons. The van der Waals surface area contributed by atoms with Crippen LogP contribution in [0.25, 0.3) is 0 Å². The Morgan fingerprint density at radius 1 is 1.23 bits per heavy atom. The van der Waals surface area contributed by atoms with Crippen LogP contribution in [0.4, 0.5) is 5.69 Å². The van der Waals surface area contributed by atoms with E-state index in [0.717, 1.165) is 51.7 Å². The molecule has 0 bridgehead atoms. The molecule has 4 aliphatic rings. The van der Waals surface area contributed by atoms with E-state index in [0.29, 0.717) is 19.1 Å². The molecule has 1 aromatic rings. The van der Waals surface area contributed by atoms with Crippen LogP contribution >= 0.6 is 0 Å². The van der Waals surface area contributed by atoms with Gasteiger partial charge in [0.1, 0.15) is 6.04 Å². The third-order valence-corrected chi connectivity index (χ3v) is 7.69. The molecule has 0 saturated carbocycles. The molecule has 8 nitrogen and oxygen atoms in total. The topological polar surface area (TPSA) is 92.0 Å². The number of aromatic nitrogens is 1. The number of pyridine rings is 1. The predicted octanol–water partition coefficient (Wildman–Crippen LogP) is 1.10. The number of nitrogens with two attached hydrogens (primary N) is 1. The number of nitrogens with zero attached hydrogens (tertiary/aromatic N) is 4. The number of fused-ring (bicyclic) bond motifs is 1. The number of amides is 2. The standard InChI is InChI=1S/C23H33N5O3/c1-31-14-17-8-10-27(17)20-7-9-25-11-18(20)15-12-26(13-15)23(30)21-6-5-16-3-2-4-19(24)22(29)28(16)21/h7,9,11,15-17,19,21H,2-6,8,10,12-14,24H2,1H3/t16-,17-,19-,21-/m0/s1. The first-order valence-electron chi connectivity index (χ1n) is 11.6. The van der Waals surface area contributed by atoms with Crippen molar-refractivity contribution in [2.24, 2.45) is 5.73 Å². The molecule has 31 heavy (non-hydrogen) atoms. The predicted molar refractivity (Wildman–Crippen MR) is 117 cm³/mol. The monoisotopic (exact) mass is 427 g/mol. The highest BCUT2D eigenvalue weighted by molar-refractivity contribution is 5.91. The van der Waals surface area contributed by atoms with Gasteiger partial charge in [-0.2, -0.15) is 0 Å². The Labute approximate surface area is 183 Å². The number of hydrogen-bond acceptors (Lipinski definition) is 6. The van der Waals surface area contributed by atoms with Gasteiger partial charge in [0, 0.05) is 62.3 Å². The Hall–Kier alpha value is -2.19. The highest BCUT2D eigenvalue weighted by atomic mass is 16.5. The number of hydrogen-bond donors (Lipinski definition) is 1. The van der Waals surface area contributed by atoms with Crippen molar-refractivity contribution in [2.75, 3.05) is 38.3 Å². The van der Waals surface area contributed by atoms with Crippen molar-refractivity contribution in [1.82, 2.24) is 14.8 Å². The van der Waals surface area contributed by atoms with Gasteiger partial charge >= 0.3 is 0 Å². The smallest absolute Gasteiger partial charge is 0.245 e. The fraction of sp³-hybridized carbons (Fsp3) is 0.696. The summed E-state index contributed by atoms with van der Waals surface area (Å²) in [6, 6.07) is 1.88. The zero-order valence-corrected chi connectivity index (χ0v) is 18.3. The lowest BCUT2D eigenvalue weighted by molar-refractivity contribution is -0.148. The van der Waals surface area contributed by atoms with E-state index < -0.39 is 6.04 Å². The summed E-state index contributed by atoms with van der Waals surface area (Å²) in [5, 5.41) is 0. The Kier molecular flexibility index (Phi) is 5.60. The summed E-state index contributed by atoms with van der Waals surface area (Å²) in [6.07, 6.45) is 9.25. The van der Waals surface area contributed by atoms with Crippen molar-refractivity contribution in [3.63, 3.8) is 0 Å². The van der Waals surface area contributed by atoms with Crippen molar-refractivity contribution >= 4 is 17.5 Å². The van der Waals surface area contributed by atoms with Crippen LogP contribution in [0, 0.1) is 0 Å². The van der Waals surface area contributed by atoms with E-state index in [9.17, 15) is 9.59 Å². The van der Waals surface area contributed by atoms with E-state index >= 15 is 0 Å². The molecular formula is C23H33N5O3. The summed E-state index contributed by atoms with van der Waals surface area (Å²) in [5.41, 5.74) is 8.51. The second kappa shape index (κ2) is 8.39. The minimum atomic E-state index is -0.461. The fourth-order valence-electron chi connectivity index (χ4n) is 5.80. The Balaban J connectivity index is 1.26. The zero-order valence-electron chi connectivity index (χ0n) is 18.3. The molecule has 8 heteroatoms. The molecule has 4 atom stereocenters. The average Bonchev–Trinajstić information content (AvgIpc) is 3.08. The minimum Gasteiger partial charge on any atom is -0.383 e. The zero-order chi connectivity index (χ0) is 21.5. The van der Waals surface area contributed by atoms with Gasteiger partial charge in [-0.15, -0.1) is 0 Å². The van der Waals surface area contributed by atoms with Crippen LogP contribution in [0.1, 0.15) is 50.0 Å². The van der Waals surface area contributed by atoms with E-state index in [4.69, 9.17) is 10.5 Å². The average molecular weight is 428 g/mol. The fourth-order valence-corrected chi connectivity index (χ4v) is 5.80. The van der Waals surface area contributed by atoms with Crippen LogP contribution in [0.15, 0.2) is 18.5 Å². The maximum absolute atomic E-state index is 13.3. The van der Waals surface area contributed by atoms with Crippen LogP contribution in [0.5, 0.6) is 0 Å². The summed E-state index contributed by atoms with van der Waals surface area (Å²) in [4.78, 5) is 36.6. The second-order valence-electron chi connectivity index (χ2n) is 9.50. The number of methoxy groups -OCH3 is 1. The third kappa shape index (κ3) is 3.59. The van der Waals surface area contributed by atoms with E-state index in [2.05, 4.69) is 16.0 Å². The normalized spacial score (nSPS) is 31.2. The number of anilines is 1. The molecule has 4 saturated heterocycles. The Bertz CT molecular complexity index is 842. The van der Waals surface area contributed by atoms with Gasteiger partial charge in [-0.3, -0.25) is 14.6 Å². The molecule has 4 aliphatic heterocycles. The van der Waals surface area contributed by atoms with Crippen molar-refractivity contribution in [3.05, 3.63) is 24.0 Å². The van der Waals surface area contributed by atoms with Crippen LogP contribution in [0.2, 0.25) is 0 Å². The quantitative estimate of drug-likeness (QED) is 0.757. The number of carbonyl (C=O) groups excluding carboxylic acids is 2. The minimum absolute atomic E-state index is 0.0352. The lowest BCUT2D eigenvalue weighted by Gasteiger charge is -2.47. The first-order chi connectivity index (χ1) is 15.1. The lowest BCUT2D eigenvalue weighted by atomic mass is 9.88. The van der Waals surface area contributed by atoms with E-state index in [1.807, 2.05) is 22.2 Å². The van der Waals surface area contributed by atoms with Gasteiger partial charge < -0.3 is 25.2 Å². The second-order valence-corrected chi connectivity index (χ2v) is 9.50. The maximum atomic E-state index is 13.3. The van der Waals surface area contributed by atoms with Gasteiger partial charge in [-0.25, -0.2) is 0 Å². The SMILES string of the molecule is COC[C@@H]1CCN1c1ccncc1C1CN(C(=O)[C@@H]2CC[C@@H]3CCC[C@H](N)C(=O)N32)C1. The molecule has 0 radical (unpaired) electrons. The van der Waals surface area contributed by atoms with Crippen LogP contribution in [0.3, 0.4) is 0 Å². The molecule has 1 aromatic heterocycles. The largest absolute Gasteiger partial charge is 0.383 e. The number of carbonyl (C=O) groups is 2. The Morgan fingerprint density at radius 3 is 2.81 bits per heavy atom. The molecule has 2 amide bonds. The molecule has 5 rings (SSSR count). The van der Waals surface area contributed by atoms with Crippen molar-refractivity contribution in [3.8, 4) is 0 Å². The Morgan fingerprint density at radius 2 is 2.06 bits per heavy atom. The molecule has 0 unspecified atom stereocenters. The van der Waals surface area contributed by atoms with Gasteiger partial charge in [-0.05, 0) is 44.6 Å². The summed E-state index contributed by atoms with van der Waals surface area (Å²) >= 11 is 0. The van der Waals surface area contributed by atoms with E-state index in [-0.39, 0.29) is 29.8 Å². The van der Waals surface area contributed by atoms with Crippen LogP contribution < -0.4 is 10.6 Å². The highest BCUT2D eigenvalue weighted by Crippen LogP contribution is 2.39. The summed E-state index contributed by atoms with van der Waals surface area (Å²) in [7, 11) is 1.74. The number of rotatable bonds is 5. The molecule has 5 heterocycles. The summed E-state index contributed by atoms with van der Waals surface area (Å²) < 4.78 is 5.36. The molecular weight excluding hydrogens is 394 g/mol. The van der Waals surface area contributed by atoms with Gasteiger partial charge in [0.25, 0.3) is 0 Å². The molecule has 0 spiro atoms.